The Morgan fingerprint density at radius 3 is 2.68 bits per heavy atom. The van der Waals surface area contributed by atoms with Crippen LogP contribution in [0.4, 0.5) is 11.5 Å². The molecule has 6 nitrogen and oxygen atoms in total. The summed E-state index contributed by atoms with van der Waals surface area (Å²) in [6.45, 7) is 2.61. The number of rotatable bonds is 5. The van der Waals surface area contributed by atoms with E-state index < -0.39 is 0 Å². The number of benzene rings is 2. The molecule has 1 aliphatic rings. The van der Waals surface area contributed by atoms with Gasteiger partial charge in [-0.05, 0) is 43.2 Å². The first kappa shape index (κ1) is 18.0. The molecule has 1 aliphatic heterocycles. The molecule has 1 atom stereocenters. The van der Waals surface area contributed by atoms with Crippen LogP contribution in [-0.4, -0.2) is 29.3 Å². The molecule has 1 amide bonds. The van der Waals surface area contributed by atoms with Gasteiger partial charge in [-0.2, -0.15) is 0 Å². The summed E-state index contributed by atoms with van der Waals surface area (Å²) in [7, 11) is 1.65. The molecular weight excluding hydrogens is 352 g/mol. The normalized spacial score (nSPS) is 15.2. The van der Waals surface area contributed by atoms with Gasteiger partial charge in [0.25, 0.3) is 5.91 Å². The highest BCUT2D eigenvalue weighted by atomic mass is 16.5. The quantitative estimate of drug-likeness (QED) is 0.738. The zero-order valence-electron chi connectivity index (χ0n) is 15.9. The molecule has 0 spiro atoms. The van der Waals surface area contributed by atoms with Gasteiger partial charge in [0, 0.05) is 23.8 Å². The summed E-state index contributed by atoms with van der Waals surface area (Å²) < 4.78 is 5.35. The molecule has 0 saturated carbocycles. The summed E-state index contributed by atoms with van der Waals surface area (Å²) in [6.07, 6.45) is 0.855. The zero-order valence-corrected chi connectivity index (χ0v) is 15.9. The van der Waals surface area contributed by atoms with Crippen molar-refractivity contribution in [2.45, 2.75) is 25.9 Å². The fourth-order valence-electron chi connectivity index (χ4n) is 3.57. The molecule has 2 heterocycles. The number of nitrogens with one attached hydrogen (secondary N) is 1. The molecule has 0 bridgehead atoms. The van der Waals surface area contributed by atoms with Crippen molar-refractivity contribution in [3.8, 4) is 5.75 Å². The van der Waals surface area contributed by atoms with Crippen molar-refractivity contribution in [3.05, 3.63) is 77.5 Å². The largest absolute Gasteiger partial charge is 0.496 e. The highest BCUT2D eigenvalue weighted by molar-refractivity contribution is 6.06. The topological polar surface area (TPSA) is 67.3 Å². The van der Waals surface area contributed by atoms with Gasteiger partial charge in [0.2, 0.25) is 0 Å². The molecule has 28 heavy (non-hydrogen) atoms. The smallest absolute Gasteiger partial charge is 0.279 e. The summed E-state index contributed by atoms with van der Waals surface area (Å²) in [5, 5.41) is 11.5. The molecule has 1 N–H and O–H groups in total. The lowest BCUT2D eigenvalue weighted by molar-refractivity contribution is 0.0975. The van der Waals surface area contributed by atoms with E-state index in [1.165, 1.54) is 5.56 Å². The highest BCUT2D eigenvalue weighted by Crippen LogP contribution is 2.32. The maximum atomic E-state index is 13.0. The van der Waals surface area contributed by atoms with Crippen molar-refractivity contribution in [1.82, 2.24) is 10.2 Å². The Hall–Kier alpha value is -3.41. The fourth-order valence-corrected chi connectivity index (χ4v) is 3.57. The highest BCUT2D eigenvalue weighted by Gasteiger charge is 2.31. The van der Waals surface area contributed by atoms with E-state index in [2.05, 4.69) is 28.5 Å². The van der Waals surface area contributed by atoms with Gasteiger partial charge in [-0.25, -0.2) is 0 Å². The van der Waals surface area contributed by atoms with Crippen LogP contribution in [0.2, 0.25) is 0 Å². The van der Waals surface area contributed by atoms with Crippen molar-refractivity contribution in [3.63, 3.8) is 0 Å². The van der Waals surface area contributed by atoms with Gasteiger partial charge in [-0.3, -0.25) is 4.79 Å². The van der Waals surface area contributed by atoms with E-state index in [1.54, 1.807) is 24.1 Å². The zero-order chi connectivity index (χ0) is 19.5. The lowest BCUT2D eigenvalue weighted by Crippen LogP contribution is -2.36. The second kappa shape index (κ2) is 7.68. The van der Waals surface area contributed by atoms with Gasteiger partial charge >= 0.3 is 0 Å². The maximum absolute atomic E-state index is 13.0. The van der Waals surface area contributed by atoms with Crippen LogP contribution < -0.4 is 15.0 Å². The molecule has 4 rings (SSSR count). The first-order chi connectivity index (χ1) is 13.7. The molecule has 142 valence electrons. The van der Waals surface area contributed by atoms with Crippen LogP contribution >= 0.6 is 0 Å². The monoisotopic (exact) mass is 374 g/mol. The van der Waals surface area contributed by atoms with Crippen LogP contribution in [0.15, 0.2) is 60.7 Å². The number of ether oxygens (including phenoxy) is 1. The molecule has 1 aromatic heterocycles. The van der Waals surface area contributed by atoms with Crippen molar-refractivity contribution >= 4 is 17.4 Å². The summed E-state index contributed by atoms with van der Waals surface area (Å²) in [4.78, 5) is 14.8. The Labute approximate surface area is 164 Å². The summed E-state index contributed by atoms with van der Waals surface area (Å²) >= 11 is 0. The number of aromatic nitrogens is 2. The van der Waals surface area contributed by atoms with Crippen LogP contribution in [0.1, 0.15) is 28.5 Å². The molecule has 1 unspecified atom stereocenters. The van der Waals surface area contributed by atoms with E-state index in [4.69, 9.17) is 4.74 Å². The Morgan fingerprint density at radius 2 is 1.89 bits per heavy atom. The van der Waals surface area contributed by atoms with Gasteiger partial charge in [-0.15, -0.1) is 10.2 Å². The van der Waals surface area contributed by atoms with Crippen LogP contribution in [-0.2, 0) is 13.0 Å². The molecule has 0 fully saturated rings. The number of methoxy groups -OCH3 is 1. The molecule has 0 saturated heterocycles. The number of hydrogen-bond donors (Lipinski definition) is 1. The summed E-state index contributed by atoms with van der Waals surface area (Å²) in [6, 6.07) is 19.4. The Morgan fingerprint density at radius 1 is 1.11 bits per heavy atom. The minimum atomic E-state index is -0.124. The molecule has 2 aromatic carbocycles. The van der Waals surface area contributed by atoms with Crippen LogP contribution in [0.5, 0.6) is 5.75 Å². The molecule has 3 aromatic rings. The van der Waals surface area contributed by atoms with E-state index in [0.717, 1.165) is 23.4 Å². The minimum Gasteiger partial charge on any atom is -0.496 e. The van der Waals surface area contributed by atoms with Crippen LogP contribution in [0.3, 0.4) is 0 Å². The number of para-hydroxylation sites is 2. The number of amides is 1. The fraction of sp³-hybridized carbons (Fsp3) is 0.227. The minimum absolute atomic E-state index is 0.107. The number of carbonyl (C=O) groups is 1. The SMILES string of the molecule is COc1ccccc1CNc1ccc(C(=O)N2c3ccccc3CC2C)nn1. The lowest BCUT2D eigenvalue weighted by atomic mass is 10.1. The van der Waals surface area contributed by atoms with Gasteiger partial charge in [0.15, 0.2) is 5.69 Å². The molecule has 6 heteroatoms. The predicted octanol–water partition coefficient (Wildman–Crippen LogP) is 3.69. The maximum Gasteiger partial charge on any atom is 0.279 e. The second-order valence-electron chi connectivity index (χ2n) is 6.83. The summed E-state index contributed by atoms with van der Waals surface area (Å²) in [5.41, 5.74) is 3.51. The third-order valence-corrected chi connectivity index (χ3v) is 4.96. The Balaban J connectivity index is 1.47. The third-order valence-electron chi connectivity index (χ3n) is 4.96. The number of carbonyl (C=O) groups excluding carboxylic acids is 1. The number of fused-ring (bicyclic) bond motifs is 1. The average molecular weight is 374 g/mol. The molecular formula is C22H22N4O2. The van der Waals surface area contributed by atoms with E-state index in [9.17, 15) is 4.79 Å². The van der Waals surface area contributed by atoms with E-state index in [1.807, 2.05) is 42.5 Å². The van der Waals surface area contributed by atoms with Gasteiger partial charge in [0.05, 0.1) is 7.11 Å². The van der Waals surface area contributed by atoms with Crippen molar-refractivity contribution in [1.29, 1.82) is 0 Å². The van der Waals surface area contributed by atoms with Gasteiger partial charge < -0.3 is 15.0 Å². The average Bonchev–Trinajstić information content (AvgIpc) is 3.08. The Kier molecular flexibility index (Phi) is 4.93. The molecule has 0 aliphatic carbocycles. The standard InChI is InChI=1S/C22H22N4O2/c1-15-13-16-7-3-5-9-19(16)26(15)22(27)18-11-12-21(25-24-18)23-14-17-8-4-6-10-20(17)28-2/h3-12,15H,13-14H2,1-2H3,(H,23,25). The lowest BCUT2D eigenvalue weighted by Gasteiger charge is -2.22. The predicted molar refractivity (Wildman–Crippen MR) is 109 cm³/mol. The van der Waals surface area contributed by atoms with Crippen molar-refractivity contribution in [2.75, 3.05) is 17.3 Å². The van der Waals surface area contributed by atoms with E-state index in [0.29, 0.717) is 18.1 Å². The van der Waals surface area contributed by atoms with Crippen molar-refractivity contribution < 1.29 is 9.53 Å². The van der Waals surface area contributed by atoms with E-state index >= 15 is 0 Å². The van der Waals surface area contributed by atoms with Crippen molar-refractivity contribution in [2.24, 2.45) is 0 Å². The van der Waals surface area contributed by atoms with Gasteiger partial charge in [-0.1, -0.05) is 36.4 Å². The third kappa shape index (κ3) is 3.41. The first-order valence-electron chi connectivity index (χ1n) is 9.28. The second-order valence-corrected chi connectivity index (χ2v) is 6.83. The van der Waals surface area contributed by atoms with E-state index in [-0.39, 0.29) is 11.9 Å². The first-order valence-corrected chi connectivity index (χ1v) is 9.28. The molecule has 0 radical (unpaired) electrons. The van der Waals surface area contributed by atoms with Gasteiger partial charge in [0.1, 0.15) is 11.6 Å². The number of hydrogen-bond acceptors (Lipinski definition) is 5. The van der Waals surface area contributed by atoms with Crippen LogP contribution in [0, 0.1) is 0 Å². The number of nitrogens with zero attached hydrogens (tertiary/aromatic N) is 3. The Bertz CT molecular complexity index is 988. The number of anilines is 2. The summed E-state index contributed by atoms with van der Waals surface area (Å²) in [5.74, 6) is 1.30. The van der Waals surface area contributed by atoms with Crippen LogP contribution in [0.25, 0.3) is 0 Å².